The number of nitrogens with zero attached hydrogens (tertiary/aromatic N) is 3. The van der Waals surface area contributed by atoms with Gasteiger partial charge in [0.15, 0.2) is 0 Å². The molecule has 0 fully saturated rings. The van der Waals surface area contributed by atoms with Crippen molar-refractivity contribution in [1.82, 2.24) is 14.9 Å². The maximum Gasteiger partial charge on any atom is 0.217 e. The fourth-order valence-corrected chi connectivity index (χ4v) is 5.18. The van der Waals surface area contributed by atoms with E-state index in [4.69, 9.17) is 19.2 Å². The van der Waals surface area contributed by atoms with Gasteiger partial charge in [-0.1, -0.05) is 30.3 Å². The Morgan fingerprint density at radius 2 is 1.57 bits per heavy atom. The summed E-state index contributed by atoms with van der Waals surface area (Å²) in [6, 6.07) is 21.7. The van der Waals surface area contributed by atoms with Gasteiger partial charge in [-0.2, -0.15) is 4.98 Å². The molecular weight excluding hydrogens is 581 g/mol. The molecule has 0 radical (unpaired) electrons. The van der Waals surface area contributed by atoms with Gasteiger partial charge in [0.25, 0.3) is 0 Å². The van der Waals surface area contributed by atoms with Gasteiger partial charge >= 0.3 is 0 Å². The Hall–Kier alpha value is -2.95. The summed E-state index contributed by atoms with van der Waals surface area (Å²) in [6.45, 7) is 0.633. The quantitative estimate of drug-likeness (QED) is 0.246. The standard InChI is InChI=1S/C29H32IN3O4/c1-33(2)14-13-29(34,21-17-25(35-3)32-26(18-21)36-4)27(19-9-7-6-8-10-19)23-16-20-15-22(30)11-12-24(20)31-28(23)37-5/h6-12,15-18,27,34H,13-14H2,1-5H3. The van der Waals surface area contributed by atoms with Crippen LogP contribution >= 0.6 is 22.6 Å². The summed E-state index contributed by atoms with van der Waals surface area (Å²) in [5, 5.41) is 13.8. The van der Waals surface area contributed by atoms with E-state index in [0.717, 1.165) is 25.6 Å². The van der Waals surface area contributed by atoms with E-state index in [1.807, 2.05) is 56.6 Å². The average molecular weight is 613 g/mol. The molecule has 2 aromatic heterocycles. The van der Waals surface area contributed by atoms with Crippen LogP contribution in [-0.2, 0) is 5.60 Å². The smallest absolute Gasteiger partial charge is 0.217 e. The second-order valence-electron chi connectivity index (χ2n) is 9.19. The summed E-state index contributed by atoms with van der Waals surface area (Å²) >= 11 is 2.30. The summed E-state index contributed by atoms with van der Waals surface area (Å²) in [7, 11) is 8.70. The van der Waals surface area contributed by atoms with Gasteiger partial charge in [0.2, 0.25) is 17.6 Å². The molecule has 2 atom stereocenters. The largest absolute Gasteiger partial charge is 0.481 e. The van der Waals surface area contributed by atoms with Gasteiger partial charge in [-0.15, -0.1) is 0 Å². The molecule has 0 amide bonds. The average Bonchev–Trinajstić information content (AvgIpc) is 2.91. The van der Waals surface area contributed by atoms with Crippen molar-refractivity contribution >= 4 is 33.5 Å². The Bertz CT molecular complexity index is 1340. The summed E-state index contributed by atoms with van der Waals surface area (Å²) in [6.07, 6.45) is 0.420. The fraction of sp³-hybridized carbons (Fsp3) is 0.310. The summed E-state index contributed by atoms with van der Waals surface area (Å²) in [5.74, 6) is 0.680. The first-order valence-corrected chi connectivity index (χ1v) is 13.0. The van der Waals surface area contributed by atoms with Crippen molar-refractivity contribution in [3.63, 3.8) is 0 Å². The molecule has 37 heavy (non-hydrogen) atoms. The van der Waals surface area contributed by atoms with Crippen molar-refractivity contribution in [2.24, 2.45) is 0 Å². The lowest BCUT2D eigenvalue weighted by Crippen LogP contribution is -2.38. The van der Waals surface area contributed by atoms with Crippen molar-refractivity contribution in [2.75, 3.05) is 42.0 Å². The van der Waals surface area contributed by atoms with Crippen LogP contribution in [-0.4, -0.2) is 61.9 Å². The van der Waals surface area contributed by atoms with Crippen LogP contribution in [0.2, 0.25) is 0 Å². The lowest BCUT2D eigenvalue weighted by molar-refractivity contribution is 0.00331. The van der Waals surface area contributed by atoms with Gasteiger partial charge in [-0.25, -0.2) is 4.98 Å². The molecule has 0 aliphatic carbocycles. The molecule has 0 aliphatic rings. The van der Waals surface area contributed by atoms with E-state index in [1.165, 1.54) is 0 Å². The second kappa shape index (κ2) is 11.6. The highest BCUT2D eigenvalue weighted by molar-refractivity contribution is 14.1. The van der Waals surface area contributed by atoms with Crippen LogP contribution in [0.4, 0.5) is 0 Å². The number of methoxy groups -OCH3 is 3. The molecule has 194 valence electrons. The van der Waals surface area contributed by atoms with Crippen molar-refractivity contribution in [2.45, 2.75) is 17.9 Å². The normalized spacial score (nSPS) is 13.8. The third kappa shape index (κ3) is 5.81. The van der Waals surface area contributed by atoms with E-state index in [2.05, 4.69) is 44.6 Å². The van der Waals surface area contributed by atoms with Gasteiger partial charge in [-0.3, -0.25) is 0 Å². The number of fused-ring (bicyclic) bond motifs is 1. The molecule has 8 heteroatoms. The molecule has 2 aromatic carbocycles. The van der Waals surface area contributed by atoms with Crippen LogP contribution < -0.4 is 14.2 Å². The topological polar surface area (TPSA) is 76.9 Å². The zero-order chi connectivity index (χ0) is 26.6. The molecule has 0 spiro atoms. The van der Waals surface area contributed by atoms with E-state index >= 15 is 0 Å². The van der Waals surface area contributed by atoms with Gasteiger partial charge in [0.1, 0.15) is 5.60 Å². The second-order valence-corrected chi connectivity index (χ2v) is 10.4. The summed E-state index contributed by atoms with van der Waals surface area (Å²) in [5.41, 5.74) is 1.80. The zero-order valence-corrected chi connectivity index (χ0v) is 23.9. The third-order valence-corrected chi connectivity index (χ3v) is 7.19. The minimum atomic E-state index is -1.39. The minimum Gasteiger partial charge on any atom is -0.481 e. The van der Waals surface area contributed by atoms with Crippen LogP contribution in [0, 0.1) is 3.57 Å². The lowest BCUT2D eigenvalue weighted by Gasteiger charge is -2.39. The number of hydrogen-bond acceptors (Lipinski definition) is 7. The molecule has 0 aliphatic heterocycles. The number of ether oxygens (including phenoxy) is 3. The number of aromatic nitrogens is 2. The predicted octanol–water partition coefficient (Wildman–Crippen LogP) is 5.23. The van der Waals surface area contributed by atoms with Gasteiger partial charge in [0, 0.05) is 39.1 Å². The molecule has 7 nitrogen and oxygen atoms in total. The van der Waals surface area contributed by atoms with Gasteiger partial charge in [-0.05, 0) is 78.5 Å². The molecule has 0 saturated carbocycles. The summed E-state index contributed by atoms with van der Waals surface area (Å²) in [4.78, 5) is 11.3. The van der Waals surface area contributed by atoms with Gasteiger partial charge < -0.3 is 24.2 Å². The molecule has 0 saturated heterocycles. The van der Waals surface area contributed by atoms with Crippen molar-refractivity contribution in [1.29, 1.82) is 0 Å². The van der Waals surface area contributed by atoms with Gasteiger partial charge in [0.05, 0.1) is 26.8 Å². The third-order valence-electron chi connectivity index (χ3n) is 6.52. The Morgan fingerprint density at radius 1 is 0.892 bits per heavy atom. The number of aliphatic hydroxyl groups is 1. The maximum atomic E-state index is 12.8. The SMILES string of the molecule is COc1cc(C(O)(CCN(C)C)C(c2ccccc2)c2cc3cc(I)ccc3nc2OC)cc(OC)n1. The molecule has 2 unspecified atom stereocenters. The van der Waals surface area contributed by atoms with Crippen LogP contribution in [0.5, 0.6) is 17.6 Å². The van der Waals surface area contributed by atoms with E-state index < -0.39 is 11.5 Å². The van der Waals surface area contributed by atoms with E-state index in [0.29, 0.717) is 36.2 Å². The highest BCUT2D eigenvalue weighted by Gasteiger charge is 2.43. The molecule has 2 heterocycles. The number of rotatable bonds is 10. The number of benzene rings is 2. The Kier molecular flexibility index (Phi) is 8.51. The van der Waals surface area contributed by atoms with Crippen molar-refractivity contribution in [3.05, 3.63) is 87.0 Å². The first-order valence-electron chi connectivity index (χ1n) is 12.0. The highest BCUT2D eigenvalue weighted by Crippen LogP contribution is 2.48. The predicted molar refractivity (Wildman–Crippen MR) is 154 cm³/mol. The highest BCUT2D eigenvalue weighted by atomic mass is 127. The number of halogens is 1. The first kappa shape index (κ1) is 27.1. The van der Waals surface area contributed by atoms with Crippen molar-refractivity contribution < 1.29 is 19.3 Å². The Balaban J connectivity index is 2.05. The van der Waals surface area contributed by atoms with E-state index in [-0.39, 0.29) is 0 Å². The Morgan fingerprint density at radius 3 is 2.16 bits per heavy atom. The van der Waals surface area contributed by atoms with E-state index in [9.17, 15) is 5.11 Å². The molecule has 0 bridgehead atoms. The maximum absolute atomic E-state index is 12.8. The monoisotopic (exact) mass is 613 g/mol. The zero-order valence-electron chi connectivity index (χ0n) is 21.7. The Labute approximate surface area is 231 Å². The molecule has 4 aromatic rings. The number of hydrogen-bond donors (Lipinski definition) is 1. The minimum absolute atomic E-state index is 0.364. The van der Waals surface area contributed by atoms with Crippen LogP contribution in [0.15, 0.2) is 66.7 Å². The number of pyridine rings is 2. The van der Waals surface area contributed by atoms with Crippen LogP contribution in [0.25, 0.3) is 10.9 Å². The molecular formula is C29H32IN3O4. The lowest BCUT2D eigenvalue weighted by atomic mass is 9.72. The van der Waals surface area contributed by atoms with Crippen LogP contribution in [0.1, 0.15) is 29.0 Å². The fourth-order valence-electron chi connectivity index (χ4n) is 4.66. The molecule has 1 N–H and O–H groups in total. The van der Waals surface area contributed by atoms with Crippen molar-refractivity contribution in [3.8, 4) is 17.6 Å². The first-order chi connectivity index (χ1) is 17.8. The summed E-state index contributed by atoms with van der Waals surface area (Å²) < 4.78 is 17.9. The van der Waals surface area contributed by atoms with E-state index in [1.54, 1.807) is 33.5 Å². The molecule has 4 rings (SSSR count). The van der Waals surface area contributed by atoms with Crippen LogP contribution in [0.3, 0.4) is 0 Å².